The number of halogens is 1. The zero-order valence-electron chi connectivity index (χ0n) is 11.2. The molecule has 1 aliphatic heterocycles. The van der Waals surface area contributed by atoms with E-state index in [0.717, 1.165) is 13.0 Å². The summed E-state index contributed by atoms with van der Waals surface area (Å²) in [5.74, 6) is -0.0234. The van der Waals surface area contributed by atoms with Crippen LogP contribution in [0.2, 0.25) is 0 Å². The molecule has 0 aliphatic carbocycles. The van der Waals surface area contributed by atoms with E-state index >= 15 is 0 Å². The summed E-state index contributed by atoms with van der Waals surface area (Å²) in [6.07, 6.45) is 4.72. The van der Waals surface area contributed by atoms with Crippen molar-refractivity contribution >= 4 is 0 Å². The molecule has 1 aromatic carbocycles. The first-order valence-electron chi connectivity index (χ1n) is 6.73. The third-order valence-corrected chi connectivity index (χ3v) is 3.70. The first kappa shape index (κ1) is 13.8. The highest BCUT2D eigenvalue weighted by Gasteiger charge is 2.18. The van der Waals surface area contributed by atoms with Gasteiger partial charge in [-0.2, -0.15) is 5.26 Å². The van der Waals surface area contributed by atoms with Gasteiger partial charge in [-0.3, -0.25) is 0 Å². The lowest BCUT2D eigenvalue weighted by molar-refractivity contribution is 0.153. The molecule has 1 unspecified atom stereocenters. The van der Waals surface area contributed by atoms with E-state index in [1.165, 1.54) is 31.4 Å². The molecule has 1 aliphatic rings. The van der Waals surface area contributed by atoms with Gasteiger partial charge in [-0.1, -0.05) is 6.42 Å². The fourth-order valence-electron chi connectivity index (χ4n) is 2.50. The smallest absolute Gasteiger partial charge is 0.144 e. The maximum atomic E-state index is 13.4. The molecular weight excluding hydrogens is 243 g/mol. The van der Waals surface area contributed by atoms with Crippen molar-refractivity contribution < 1.29 is 9.13 Å². The molecule has 0 N–H and O–H groups in total. The predicted octanol–water partition coefficient (Wildman–Crippen LogP) is 2.95. The second-order valence-corrected chi connectivity index (χ2v) is 5.02. The van der Waals surface area contributed by atoms with Crippen LogP contribution in [0.3, 0.4) is 0 Å². The minimum absolute atomic E-state index is 0.0550. The summed E-state index contributed by atoms with van der Waals surface area (Å²) in [5.41, 5.74) is 0.0550. The SMILES string of the molecule is CN1CCCCC1CCOc1ccc(C#N)c(F)c1. The van der Waals surface area contributed by atoms with Crippen molar-refractivity contribution in [1.29, 1.82) is 5.26 Å². The summed E-state index contributed by atoms with van der Waals surface area (Å²) in [6, 6.07) is 6.75. The van der Waals surface area contributed by atoms with E-state index in [2.05, 4.69) is 11.9 Å². The van der Waals surface area contributed by atoms with Gasteiger partial charge in [0.05, 0.1) is 12.2 Å². The van der Waals surface area contributed by atoms with Crippen LogP contribution >= 0.6 is 0 Å². The van der Waals surface area contributed by atoms with E-state index in [1.807, 2.05) is 0 Å². The largest absolute Gasteiger partial charge is 0.493 e. The van der Waals surface area contributed by atoms with E-state index in [1.54, 1.807) is 12.1 Å². The highest BCUT2D eigenvalue weighted by molar-refractivity contribution is 5.36. The van der Waals surface area contributed by atoms with Crippen molar-refractivity contribution in [1.82, 2.24) is 4.90 Å². The van der Waals surface area contributed by atoms with Gasteiger partial charge in [0.2, 0.25) is 0 Å². The van der Waals surface area contributed by atoms with Crippen LogP contribution in [0.15, 0.2) is 18.2 Å². The van der Waals surface area contributed by atoms with Crippen molar-refractivity contribution in [2.45, 2.75) is 31.7 Å². The lowest BCUT2D eigenvalue weighted by Gasteiger charge is -2.32. The average molecular weight is 262 g/mol. The predicted molar refractivity (Wildman–Crippen MR) is 71.5 cm³/mol. The Kier molecular flexibility index (Phi) is 4.75. The highest BCUT2D eigenvalue weighted by atomic mass is 19.1. The second-order valence-electron chi connectivity index (χ2n) is 5.02. The van der Waals surface area contributed by atoms with E-state index in [4.69, 9.17) is 10.00 Å². The topological polar surface area (TPSA) is 36.3 Å². The summed E-state index contributed by atoms with van der Waals surface area (Å²) < 4.78 is 18.9. The van der Waals surface area contributed by atoms with E-state index < -0.39 is 5.82 Å². The Bertz CT molecular complexity index is 470. The van der Waals surface area contributed by atoms with Crippen LogP contribution in [-0.4, -0.2) is 31.1 Å². The molecular formula is C15H19FN2O. The number of hydrogen-bond donors (Lipinski definition) is 0. The van der Waals surface area contributed by atoms with Gasteiger partial charge in [-0.25, -0.2) is 4.39 Å². The van der Waals surface area contributed by atoms with Crippen LogP contribution in [0.25, 0.3) is 0 Å². The number of benzene rings is 1. The molecule has 1 heterocycles. The first-order chi connectivity index (χ1) is 9.20. The number of likely N-dealkylation sites (tertiary alicyclic amines) is 1. The van der Waals surface area contributed by atoms with Crippen LogP contribution in [-0.2, 0) is 0 Å². The molecule has 102 valence electrons. The molecule has 1 saturated heterocycles. The van der Waals surface area contributed by atoms with Crippen molar-refractivity contribution in [3.8, 4) is 11.8 Å². The number of nitriles is 1. The molecule has 1 aromatic rings. The normalized spacial score (nSPS) is 19.9. The van der Waals surface area contributed by atoms with Gasteiger partial charge in [0.25, 0.3) is 0 Å². The minimum atomic E-state index is -0.519. The fourth-order valence-corrected chi connectivity index (χ4v) is 2.50. The molecule has 19 heavy (non-hydrogen) atoms. The number of ether oxygens (including phenoxy) is 1. The number of nitrogens with zero attached hydrogens (tertiary/aromatic N) is 2. The molecule has 0 saturated carbocycles. The molecule has 0 amide bonds. The van der Waals surface area contributed by atoms with Crippen LogP contribution in [0.1, 0.15) is 31.2 Å². The zero-order chi connectivity index (χ0) is 13.7. The molecule has 3 nitrogen and oxygen atoms in total. The maximum absolute atomic E-state index is 13.4. The molecule has 0 aromatic heterocycles. The fraction of sp³-hybridized carbons (Fsp3) is 0.533. The van der Waals surface area contributed by atoms with E-state index in [-0.39, 0.29) is 5.56 Å². The lowest BCUT2D eigenvalue weighted by atomic mass is 10.0. The molecule has 1 fully saturated rings. The van der Waals surface area contributed by atoms with Gasteiger partial charge in [-0.05, 0) is 45.0 Å². The second kappa shape index (κ2) is 6.53. The molecule has 1 atom stereocenters. The summed E-state index contributed by atoms with van der Waals surface area (Å²) >= 11 is 0. The van der Waals surface area contributed by atoms with Crippen LogP contribution in [0.5, 0.6) is 5.75 Å². The van der Waals surface area contributed by atoms with Crippen molar-refractivity contribution in [3.05, 3.63) is 29.6 Å². The minimum Gasteiger partial charge on any atom is -0.493 e. The van der Waals surface area contributed by atoms with Gasteiger partial charge in [0.15, 0.2) is 0 Å². The molecule has 0 radical (unpaired) electrons. The van der Waals surface area contributed by atoms with Crippen LogP contribution < -0.4 is 4.74 Å². The Hall–Kier alpha value is -1.60. The molecule has 4 heteroatoms. The summed E-state index contributed by atoms with van der Waals surface area (Å²) in [7, 11) is 2.14. The Balaban J connectivity index is 1.82. The quantitative estimate of drug-likeness (QED) is 0.837. The summed E-state index contributed by atoms with van der Waals surface area (Å²) in [6.45, 7) is 1.73. The highest BCUT2D eigenvalue weighted by Crippen LogP contribution is 2.20. The van der Waals surface area contributed by atoms with Crippen LogP contribution in [0.4, 0.5) is 4.39 Å². The summed E-state index contributed by atoms with van der Waals surface area (Å²) in [4.78, 5) is 2.37. The molecule has 2 rings (SSSR count). The zero-order valence-corrected chi connectivity index (χ0v) is 11.2. The Labute approximate surface area is 113 Å². The van der Waals surface area contributed by atoms with E-state index in [0.29, 0.717) is 18.4 Å². The molecule has 0 bridgehead atoms. The van der Waals surface area contributed by atoms with Crippen molar-refractivity contribution in [2.75, 3.05) is 20.2 Å². The number of hydrogen-bond acceptors (Lipinski definition) is 3. The van der Waals surface area contributed by atoms with Gasteiger partial charge in [-0.15, -0.1) is 0 Å². The summed E-state index contributed by atoms with van der Waals surface area (Å²) in [5, 5.41) is 8.65. The van der Waals surface area contributed by atoms with Crippen molar-refractivity contribution in [3.63, 3.8) is 0 Å². The first-order valence-corrected chi connectivity index (χ1v) is 6.73. The molecule has 0 spiro atoms. The Morgan fingerprint density at radius 3 is 3.00 bits per heavy atom. The average Bonchev–Trinajstić information content (AvgIpc) is 2.41. The lowest BCUT2D eigenvalue weighted by Crippen LogP contribution is -2.37. The van der Waals surface area contributed by atoms with Gasteiger partial charge in [0, 0.05) is 12.1 Å². The maximum Gasteiger partial charge on any atom is 0.144 e. The third kappa shape index (κ3) is 3.68. The number of rotatable bonds is 4. The van der Waals surface area contributed by atoms with Gasteiger partial charge >= 0.3 is 0 Å². The van der Waals surface area contributed by atoms with Crippen molar-refractivity contribution in [2.24, 2.45) is 0 Å². The van der Waals surface area contributed by atoms with Gasteiger partial charge < -0.3 is 9.64 Å². The van der Waals surface area contributed by atoms with Gasteiger partial charge in [0.1, 0.15) is 17.6 Å². The number of piperidine rings is 1. The van der Waals surface area contributed by atoms with E-state index in [9.17, 15) is 4.39 Å². The monoisotopic (exact) mass is 262 g/mol. The Morgan fingerprint density at radius 1 is 1.47 bits per heavy atom. The Morgan fingerprint density at radius 2 is 2.32 bits per heavy atom. The van der Waals surface area contributed by atoms with Crippen LogP contribution in [0, 0.1) is 17.1 Å². The third-order valence-electron chi connectivity index (χ3n) is 3.70. The standard InChI is InChI=1S/C15H19FN2O/c1-18-8-3-2-4-13(18)7-9-19-14-6-5-12(11-17)15(16)10-14/h5-6,10,13H,2-4,7-9H2,1H3.